The standard InChI is InChI=1S/C11H17N3O/c1-2-8-7-13-11(15)14-10(8)9-3-5-12-6-4-9/h7,9,12H,2-6H2,1H3,(H,13,14,15). The maximum Gasteiger partial charge on any atom is 0.345 e. The van der Waals surface area contributed by atoms with Crippen molar-refractivity contribution in [1.82, 2.24) is 15.3 Å². The van der Waals surface area contributed by atoms with Gasteiger partial charge in [0.1, 0.15) is 0 Å². The van der Waals surface area contributed by atoms with Crippen molar-refractivity contribution >= 4 is 0 Å². The van der Waals surface area contributed by atoms with Gasteiger partial charge in [0.05, 0.1) is 0 Å². The van der Waals surface area contributed by atoms with Crippen molar-refractivity contribution in [3.63, 3.8) is 0 Å². The van der Waals surface area contributed by atoms with Crippen molar-refractivity contribution in [2.75, 3.05) is 13.1 Å². The van der Waals surface area contributed by atoms with Crippen molar-refractivity contribution in [1.29, 1.82) is 0 Å². The molecule has 2 N–H and O–H groups in total. The molecule has 4 nitrogen and oxygen atoms in total. The molecule has 0 aromatic carbocycles. The first kappa shape index (κ1) is 10.4. The molecule has 1 aliphatic rings. The minimum absolute atomic E-state index is 0.222. The topological polar surface area (TPSA) is 57.8 Å². The van der Waals surface area contributed by atoms with Crippen LogP contribution in [0.25, 0.3) is 0 Å². The molecule has 1 aromatic heterocycles. The first-order valence-electron chi connectivity index (χ1n) is 5.60. The van der Waals surface area contributed by atoms with Crippen molar-refractivity contribution in [2.24, 2.45) is 0 Å². The van der Waals surface area contributed by atoms with E-state index in [0.29, 0.717) is 5.92 Å². The van der Waals surface area contributed by atoms with Crippen LogP contribution in [0.15, 0.2) is 11.0 Å². The SMILES string of the molecule is CCc1cnc(=O)[nH]c1C1CCNCC1. The number of rotatable bonds is 2. The summed E-state index contributed by atoms with van der Waals surface area (Å²) < 4.78 is 0. The summed E-state index contributed by atoms with van der Waals surface area (Å²) in [7, 11) is 0. The Morgan fingerprint density at radius 2 is 2.20 bits per heavy atom. The number of nitrogens with zero attached hydrogens (tertiary/aromatic N) is 1. The molecule has 1 saturated heterocycles. The number of hydrogen-bond acceptors (Lipinski definition) is 3. The van der Waals surface area contributed by atoms with E-state index in [1.165, 1.54) is 5.56 Å². The Hall–Kier alpha value is -1.16. The summed E-state index contributed by atoms with van der Waals surface area (Å²) in [5.41, 5.74) is 2.07. The molecule has 0 unspecified atom stereocenters. The van der Waals surface area contributed by atoms with Gasteiger partial charge in [-0.1, -0.05) is 6.92 Å². The molecular formula is C11H17N3O. The van der Waals surface area contributed by atoms with Crippen molar-refractivity contribution in [2.45, 2.75) is 32.1 Å². The number of nitrogens with one attached hydrogen (secondary N) is 2. The molecule has 82 valence electrons. The van der Waals surface area contributed by atoms with Gasteiger partial charge in [-0.15, -0.1) is 0 Å². The fourth-order valence-corrected chi connectivity index (χ4v) is 2.19. The largest absolute Gasteiger partial charge is 0.345 e. The van der Waals surface area contributed by atoms with Gasteiger partial charge < -0.3 is 10.3 Å². The molecule has 2 rings (SSSR count). The van der Waals surface area contributed by atoms with Crippen LogP contribution in [0.4, 0.5) is 0 Å². The van der Waals surface area contributed by atoms with E-state index in [4.69, 9.17) is 0 Å². The van der Waals surface area contributed by atoms with Crippen molar-refractivity contribution < 1.29 is 0 Å². The van der Waals surface area contributed by atoms with E-state index < -0.39 is 0 Å². The summed E-state index contributed by atoms with van der Waals surface area (Å²) in [6.07, 6.45) is 4.86. The zero-order chi connectivity index (χ0) is 10.7. The second kappa shape index (κ2) is 4.57. The minimum Gasteiger partial charge on any atom is -0.317 e. The van der Waals surface area contributed by atoms with Crippen LogP contribution in [0.3, 0.4) is 0 Å². The average Bonchev–Trinajstić information content (AvgIpc) is 2.30. The van der Waals surface area contributed by atoms with Gasteiger partial charge in [-0.3, -0.25) is 0 Å². The molecule has 4 heteroatoms. The zero-order valence-electron chi connectivity index (χ0n) is 9.05. The number of H-pyrrole nitrogens is 1. The third kappa shape index (κ3) is 2.26. The average molecular weight is 207 g/mol. The quantitative estimate of drug-likeness (QED) is 0.754. The molecule has 2 heterocycles. The van der Waals surface area contributed by atoms with Crippen LogP contribution in [0.1, 0.15) is 36.9 Å². The summed E-state index contributed by atoms with van der Waals surface area (Å²) in [5, 5.41) is 3.33. The highest BCUT2D eigenvalue weighted by Gasteiger charge is 2.18. The van der Waals surface area contributed by atoms with Crippen LogP contribution in [0.2, 0.25) is 0 Å². The van der Waals surface area contributed by atoms with E-state index in [-0.39, 0.29) is 5.69 Å². The number of aromatic nitrogens is 2. The number of aryl methyl sites for hydroxylation is 1. The van der Waals surface area contributed by atoms with Crippen LogP contribution >= 0.6 is 0 Å². The number of aromatic amines is 1. The Labute approximate surface area is 89.1 Å². The molecule has 1 aromatic rings. The van der Waals surface area contributed by atoms with E-state index in [1.54, 1.807) is 6.20 Å². The monoisotopic (exact) mass is 207 g/mol. The van der Waals surface area contributed by atoms with Gasteiger partial charge >= 0.3 is 5.69 Å². The summed E-state index contributed by atoms with van der Waals surface area (Å²) in [6, 6.07) is 0. The number of piperidine rings is 1. The summed E-state index contributed by atoms with van der Waals surface area (Å²) in [5.74, 6) is 0.497. The lowest BCUT2D eigenvalue weighted by Gasteiger charge is -2.24. The Morgan fingerprint density at radius 1 is 1.47 bits per heavy atom. The first-order chi connectivity index (χ1) is 7.31. The highest BCUT2D eigenvalue weighted by molar-refractivity contribution is 5.20. The lowest BCUT2D eigenvalue weighted by Crippen LogP contribution is -2.29. The lowest BCUT2D eigenvalue weighted by atomic mass is 9.91. The van der Waals surface area contributed by atoms with Crippen molar-refractivity contribution in [3.8, 4) is 0 Å². The van der Waals surface area contributed by atoms with E-state index in [9.17, 15) is 4.79 Å². The smallest absolute Gasteiger partial charge is 0.317 e. The highest BCUT2D eigenvalue weighted by Crippen LogP contribution is 2.25. The van der Waals surface area contributed by atoms with Gasteiger partial charge in [0.2, 0.25) is 0 Å². The predicted molar refractivity (Wildman–Crippen MR) is 59.1 cm³/mol. The zero-order valence-corrected chi connectivity index (χ0v) is 9.05. The molecule has 1 fully saturated rings. The summed E-state index contributed by atoms with van der Waals surface area (Å²) in [6.45, 7) is 4.18. The van der Waals surface area contributed by atoms with Gasteiger partial charge in [-0.05, 0) is 37.9 Å². The van der Waals surface area contributed by atoms with Gasteiger partial charge in [0.15, 0.2) is 0 Å². The second-order valence-electron chi connectivity index (χ2n) is 4.01. The molecule has 0 saturated carbocycles. The van der Waals surface area contributed by atoms with E-state index in [2.05, 4.69) is 22.2 Å². The van der Waals surface area contributed by atoms with E-state index in [0.717, 1.165) is 38.0 Å². The Morgan fingerprint density at radius 3 is 2.87 bits per heavy atom. The second-order valence-corrected chi connectivity index (χ2v) is 4.01. The first-order valence-corrected chi connectivity index (χ1v) is 5.60. The highest BCUT2D eigenvalue weighted by atomic mass is 16.1. The summed E-state index contributed by atoms with van der Waals surface area (Å²) >= 11 is 0. The third-order valence-electron chi connectivity index (χ3n) is 3.05. The van der Waals surface area contributed by atoms with Crippen LogP contribution in [0.5, 0.6) is 0 Å². The fraction of sp³-hybridized carbons (Fsp3) is 0.636. The Bertz CT molecular complexity index is 380. The minimum atomic E-state index is -0.222. The molecule has 0 amide bonds. The molecule has 0 bridgehead atoms. The molecule has 0 radical (unpaired) electrons. The van der Waals surface area contributed by atoms with E-state index in [1.807, 2.05) is 0 Å². The normalized spacial score (nSPS) is 17.9. The molecule has 1 aliphatic heterocycles. The predicted octanol–water partition coefficient (Wildman–Crippen LogP) is 0.799. The molecule has 0 atom stereocenters. The van der Waals surface area contributed by atoms with Gasteiger partial charge in [-0.2, -0.15) is 0 Å². The fourth-order valence-electron chi connectivity index (χ4n) is 2.19. The molecular weight excluding hydrogens is 190 g/mol. The summed E-state index contributed by atoms with van der Waals surface area (Å²) in [4.78, 5) is 17.9. The van der Waals surface area contributed by atoms with Crippen LogP contribution < -0.4 is 11.0 Å². The Kier molecular flexibility index (Phi) is 3.16. The van der Waals surface area contributed by atoms with Gasteiger partial charge in [0, 0.05) is 17.8 Å². The van der Waals surface area contributed by atoms with Crippen LogP contribution in [-0.4, -0.2) is 23.1 Å². The Balaban J connectivity index is 2.31. The van der Waals surface area contributed by atoms with Gasteiger partial charge in [0.25, 0.3) is 0 Å². The third-order valence-corrected chi connectivity index (χ3v) is 3.05. The van der Waals surface area contributed by atoms with Crippen LogP contribution in [-0.2, 0) is 6.42 Å². The lowest BCUT2D eigenvalue weighted by molar-refractivity contribution is 0.449. The maximum absolute atomic E-state index is 11.2. The molecule has 0 spiro atoms. The van der Waals surface area contributed by atoms with E-state index >= 15 is 0 Å². The molecule has 15 heavy (non-hydrogen) atoms. The maximum atomic E-state index is 11.2. The number of hydrogen-bond donors (Lipinski definition) is 2. The van der Waals surface area contributed by atoms with Gasteiger partial charge in [-0.25, -0.2) is 9.78 Å². The van der Waals surface area contributed by atoms with Crippen LogP contribution in [0, 0.1) is 0 Å². The molecule has 0 aliphatic carbocycles. The van der Waals surface area contributed by atoms with Crippen molar-refractivity contribution in [3.05, 3.63) is 27.9 Å².